The zero-order chi connectivity index (χ0) is 12.2. The topological polar surface area (TPSA) is 12.0 Å². The van der Waals surface area contributed by atoms with Crippen LogP contribution in [0.4, 0.5) is 0 Å². The molecule has 0 spiro atoms. The smallest absolute Gasteiger partial charge is 0.0291 e. The van der Waals surface area contributed by atoms with Crippen LogP contribution < -0.4 is 5.32 Å². The number of rotatable bonds is 4. The molecule has 0 aliphatic heterocycles. The first-order valence-electron chi connectivity index (χ1n) is 6.29. The van der Waals surface area contributed by atoms with Gasteiger partial charge in [0.25, 0.3) is 0 Å². The molecule has 0 amide bonds. The van der Waals surface area contributed by atoms with Gasteiger partial charge in [0, 0.05) is 6.04 Å². The third-order valence-corrected chi connectivity index (χ3v) is 2.98. The molecular formula is C15H25N. The van der Waals surface area contributed by atoms with Gasteiger partial charge in [0.1, 0.15) is 0 Å². The third-order valence-electron chi connectivity index (χ3n) is 2.98. The van der Waals surface area contributed by atoms with Gasteiger partial charge < -0.3 is 5.32 Å². The lowest BCUT2D eigenvalue weighted by Gasteiger charge is -2.20. The summed E-state index contributed by atoms with van der Waals surface area (Å²) in [5.41, 5.74) is 3.03. The standard InChI is InChI=1S/C15H25N/c1-6-11-16-12(2)13-7-9-14(10-8-13)15(3,4)5/h7-10,12,16H,6,11H2,1-5H3. The van der Waals surface area contributed by atoms with Gasteiger partial charge in [0.2, 0.25) is 0 Å². The fourth-order valence-corrected chi connectivity index (χ4v) is 1.75. The zero-order valence-corrected chi connectivity index (χ0v) is 11.3. The Morgan fingerprint density at radius 2 is 1.69 bits per heavy atom. The second-order valence-corrected chi connectivity index (χ2v) is 5.55. The summed E-state index contributed by atoms with van der Waals surface area (Å²) in [6.07, 6.45) is 1.18. The summed E-state index contributed by atoms with van der Waals surface area (Å²) in [6.45, 7) is 12.3. The van der Waals surface area contributed by atoms with Gasteiger partial charge in [0.05, 0.1) is 0 Å². The van der Waals surface area contributed by atoms with E-state index in [-0.39, 0.29) is 5.41 Å². The Bertz CT molecular complexity index is 305. The van der Waals surface area contributed by atoms with Gasteiger partial charge in [-0.3, -0.25) is 0 Å². The Balaban J connectivity index is 2.71. The predicted molar refractivity (Wildman–Crippen MR) is 71.9 cm³/mol. The highest BCUT2D eigenvalue weighted by Crippen LogP contribution is 2.23. The van der Waals surface area contributed by atoms with Crippen LogP contribution in [0.5, 0.6) is 0 Å². The van der Waals surface area contributed by atoms with E-state index in [9.17, 15) is 0 Å². The molecule has 0 saturated carbocycles. The Morgan fingerprint density at radius 1 is 1.12 bits per heavy atom. The minimum absolute atomic E-state index is 0.249. The van der Waals surface area contributed by atoms with Gasteiger partial charge in [-0.15, -0.1) is 0 Å². The number of hydrogen-bond donors (Lipinski definition) is 1. The van der Waals surface area contributed by atoms with E-state index in [0.717, 1.165) is 6.54 Å². The molecule has 16 heavy (non-hydrogen) atoms. The van der Waals surface area contributed by atoms with Crippen molar-refractivity contribution in [1.82, 2.24) is 5.32 Å². The van der Waals surface area contributed by atoms with Crippen LogP contribution in [0.1, 0.15) is 58.2 Å². The van der Waals surface area contributed by atoms with Gasteiger partial charge in [-0.2, -0.15) is 0 Å². The van der Waals surface area contributed by atoms with Crippen molar-refractivity contribution in [3.63, 3.8) is 0 Å². The molecule has 0 fully saturated rings. The van der Waals surface area contributed by atoms with E-state index in [1.807, 2.05) is 0 Å². The van der Waals surface area contributed by atoms with E-state index in [0.29, 0.717) is 6.04 Å². The van der Waals surface area contributed by atoms with Crippen LogP contribution in [0, 0.1) is 0 Å². The summed E-state index contributed by atoms with van der Waals surface area (Å²) in [5.74, 6) is 0. The molecule has 0 heterocycles. The molecule has 0 aliphatic rings. The lowest BCUT2D eigenvalue weighted by atomic mass is 9.86. The highest BCUT2D eigenvalue weighted by molar-refractivity contribution is 5.28. The van der Waals surface area contributed by atoms with Crippen LogP contribution in [0.3, 0.4) is 0 Å². The first-order valence-corrected chi connectivity index (χ1v) is 6.29. The summed E-state index contributed by atoms with van der Waals surface area (Å²) in [7, 11) is 0. The fourth-order valence-electron chi connectivity index (χ4n) is 1.75. The lowest BCUT2D eigenvalue weighted by molar-refractivity contribution is 0.566. The Labute approximate surface area is 100 Å². The summed E-state index contributed by atoms with van der Waals surface area (Å²) >= 11 is 0. The molecule has 1 atom stereocenters. The molecule has 0 aromatic heterocycles. The van der Waals surface area contributed by atoms with E-state index in [1.165, 1.54) is 17.5 Å². The summed E-state index contributed by atoms with van der Waals surface area (Å²) in [6, 6.07) is 9.44. The molecule has 0 aliphatic carbocycles. The quantitative estimate of drug-likeness (QED) is 0.805. The van der Waals surface area contributed by atoms with Crippen molar-refractivity contribution in [2.45, 2.75) is 52.5 Å². The zero-order valence-electron chi connectivity index (χ0n) is 11.3. The Morgan fingerprint density at radius 3 is 2.12 bits per heavy atom. The van der Waals surface area contributed by atoms with Crippen molar-refractivity contribution < 1.29 is 0 Å². The van der Waals surface area contributed by atoms with Gasteiger partial charge in [-0.05, 0) is 36.4 Å². The molecule has 1 heteroatoms. The molecule has 1 N–H and O–H groups in total. The van der Waals surface area contributed by atoms with Crippen molar-refractivity contribution in [3.05, 3.63) is 35.4 Å². The van der Waals surface area contributed by atoms with Crippen molar-refractivity contribution in [1.29, 1.82) is 0 Å². The molecule has 1 unspecified atom stereocenters. The van der Waals surface area contributed by atoms with Crippen molar-refractivity contribution >= 4 is 0 Å². The average Bonchev–Trinajstić information content (AvgIpc) is 2.25. The van der Waals surface area contributed by atoms with Crippen molar-refractivity contribution in [2.24, 2.45) is 0 Å². The molecular weight excluding hydrogens is 194 g/mol. The van der Waals surface area contributed by atoms with Gasteiger partial charge in [0.15, 0.2) is 0 Å². The van der Waals surface area contributed by atoms with E-state index < -0.39 is 0 Å². The molecule has 90 valence electrons. The molecule has 0 saturated heterocycles. The van der Waals surface area contributed by atoms with Crippen molar-refractivity contribution in [2.75, 3.05) is 6.54 Å². The van der Waals surface area contributed by atoms with E-state index >= 15 is 0 Å². The Kier molecular flexibility index (Phi) is 4.55. The molecule has 0 bridgehead atoms. The lowest BCUT2D eigenvalue weighted by Crippen LogP contribution is -2.19. The largest absolute Gasteiger partial charge is 0.310 e. The second-order valence-electron chi connectivity index (χ2n) is 5.55. The van der Waals surface area contributed by atoms with Gasteiger partial charge >= 0.3 is 0 Å². The first-order chi connectivity index (χ1) is 7.45. The maximum Gasteiger partial charge on any atom is 0.0291 e. The predicted octanol–water partition coefficient (Wildman–Crippen LogP) is 4.04. The molecule has 1 rings (SSSR count). The number of nitrogens with one attached hydrogen (secondary N) is 1. The van der Waals surface area contributed by atoms with Crippen LogP contribution in [0.2, 0.25) is 0 Å². The van der Waals surface area contributed by atoms with E-state index in [1.54, 1.807) is 0 Å². The van der Waals surface area contributed by atoms with Crippen molar-refractivity contribution in [3.8, 4) is 0 Å². The van der Waals surface area contributed by atoms with E-state index in [2.05, 4.69) is 64.2 Å². The highest BCUT2D eigenvalue weighted by Gasteiger charge is 2.13. The third kappa shape index (κ3) is 3.64. The van der Waals surface area contributed by atoms with Crippen LogP contribution in [0.25, 0.3) is 0 Å². The highest BCUT2D eigenvalue weighted by atomic mass is 14.9. The molecule has 1 nitrogen and oxygen atoms in total. The normalized spacial score (nSPS) is 13.8. The average molecular weight is 219 g/mol. The van der Waals surface area contributed by atoms with Crippen LogP contribution >= 0.6 is 0 Å². The van der Waals surface area contributed by atoms with Crippen LogP contribution in [-0.2, 0) is 5.41 Å². The minimum Gasteiger partial charge on any atom is -0.310 e. The summed E-state index contributed by atoms with van der Waals surface area (Å²) in [5, 5.41) is 3.51. The number of benzene rings is 1. The maximum atomic E-state index is 3.51. The SMILES string of the molecule is CCCNC(C)c1ccc(C(C)(C)C)cc1. The molecule has 0 radical (unpaired) electrons. The monoisotopic (exact) mass is 219 g/mol. The summed E-state index contributed by atoms with van der Waals surface area (Å²) < 4.78 is 0. The molecule has 1 aromatic carbocycles. The Hall–Kier alpha value is -0.820. The summed E-state index contributed by atoms with van der Waals surface area (Å²) in [4.78, 5) is 0. The maximum absolute atomic E-state index is 3.51. The number of hydrogen-bond acceptors (Lipinski definition) is 1. The minimum atomic E-state index is 0.249. The fraction of sp³-hybridized carbons (Fsp3) is 0.600. The van der Waals surface area contributed by atoms with Gasteiger partial charge in [-0.1, -0.05) is 52.0 Å². The van der Waals surface area contributed by atoms with E-state index in [4.69, 9.17) is 0 Å². The second kappa shape index (κ2) is 5.49. The molecule has 1 aromatic rings. The van der Waals surface area contributed by atoms with Crippen LogP contribution in [-0.4, -0.2) is 6.54 Å². The first kappa shape index (κ1) is 13.2. The van der Waals surface area contributed by atoms with Crippen LogP contribution in [0.15, 0.2) is 24.3 Å². The van der Waals surface area contributed by atoms with Gasteiger partial charge in [-0.25, -0.2) is 0 Å².